The molecule has 4 aromatic carbocycles. The van der Waals surface area contributed by atoms with Crippen molar-refractivity contribution in [2.45, 2.75) is 6.42 Å². The Labute approximate surface area is 153 Å². The molecule has 0 fully saturated rings. The highest BCUT2D eigenvalue weighted by atomic mass is 16.3. The van der Waals surface area contributed by atoms with E-state index in [0.717, 1.165) is 17.5 Å². The standard InChI is InChI=1S/C25H18O/c26-21-13-11-17(12-14-21)18-6-3-7-19(15-18)23-9-4-10-24-22-8-2-1-5-20(22)16-25(23)24/h1-15,26H,16H2. The third kappa shape index (κ3) is 2.41. The SMILES string of the molecule is Oc1ccc(-c2cccc(-c3cccc4c3Cc3ccccc3-4)c2)cc1. The van der Waals surface area contributed by atoms with Crippen LogP contribution in [0.15, 0.2) is 91.0 Å². The molecule has 0 heterocycles. The molecule has 1 N–H and O–H groups in total. The average Bonchev–Trinajstić information content (AvgIpc) is 3.07. The highest BCUT2D eigenvalue weighted by Gasteiger charge is 2.20. The number of benzene rings is 4. The van der Waals surface area contributed by atoms with Crippen molar-refractivity contribution in [1.82, 2.24) is 0 Å². The molecule has 1 nitrogen and oxygen atoms in total. The van der Waals surface area contributed by atoms with E-state index in [2.05, 4.69) is 66.7 Å². The minimum atomic E-state index is 0.295. The maximum absolute atomic E-state index is 9.53. The summed E-state index contributed by atoms with van der Waals surface area (Å²) in [5, 5.41) is 9.53. The second-order valence-electron chi connectivity index (χ2n) is 6.79. The van der Waals surface area contributed by atoms with Gasteiger partial charge in [-0.05, 0) is 69.1 Å². The van der Waals surface area contributed by atoms with E-state index in [1.165, 1.54) is 33.4 Å². The van der Waals surface area contributed by atoms with Gasteiger partial charge in [0, 0.05) is 0 Å². The molecule has 5 rings (SSSR count). The van der Waals surface area contributed by atoms with Crippen LogP contribution in [0.4, 0.5) is 0 Å². The minimum absolute atomic E-state index is 0.295. The largest absolute Gasteiger partial charge is 0.508 e. The highest BCUT2D eigenvalue weighted by Crippen LogP contribution is 2.41. The van der Waals surface area contributed by atoms with E-state index in [4.69, 9.17) is 0 Å². The fraction of sp³-hybridized carbons (Fsp3) is 0.0400. The zero-order chi connectivity index (χ0) is 17.5. The van der Waals surface area contributed by atoms with Gasteiger partial charge in [0.25, 0.3) is 0 Å². The number of hydrogen-bond donors (Lipinski definition) is 1. The van der Waals surface area contributed by atoms with Gasteiger partial charge in [-0.2, -0.15) is 0 Å². The third-order valence-corrected chi connectivity index (χ3v) is 5.22. The van der Waals surface area contributed by atoms with Crippen molar-refractivity contribution in [2.24, 2.45) is 0 Å². The molecular weight excluding hydrogens is 316 g/mol. The summed E-state index contributed by atoms with van der Waals surface area (Å²) in [5.41, 5.74) is 10.4. The van der Waals surface area contributed by atoms with Gasteiger partial charge in [-0.3, -0.25) is 0 Å². The van der Waals surface area contributed by atoms with Crippen molar-refractivity contribution in [3.63, 3.8) is 0 Å². The lowest BCUT2D eigenvalue weighted by molar-refractivity contribution is 0.475. The van der Waals surface area contributed by atoms with E-state index in [-0.39, 0.29) is 0 Å². The molecule has 26 heavy (non-hydrogen) atoms. The van der Waals surface area contributed by atoms with Crippen LogP contribution in [0, 0.1) is 0 Å². The lowest BCUT2D eigenvalue weighted by Gasteiger charge is -2.11. The van der Waals surface area contributed by atoms with Crippen molar-refractivity contribution in [3.8, 4) is 39.1 Å². The molecule has 0 atom stereocenters. The second kappa shape index (κ2) is 5.89. The van der Waals surface area contributed by atoms with Crippen LogP contribution in [-0.4, -0.2) is 5.11 Å². The summed E-state index contributed by atoms with van der Waals surface area (Å²) in [6.45, 7) is 0. The zero-order valence-electron chi connectivity index (χ0n) is 14.3. The van der Waals surface area contributed by atoms with Gasteiger partial charge < -0.3 is 5.11 Å². The molecule has 0 radical (unpaired) electrons. The van der Waals surface area contributed by atoms with Gasteiger partial charge in [-0.15, -0.1) is 0 Å². The number of rotatable bonds is 2. The topological polar surface area (TPSA) is 20.2 Å². The Bertz CT molecular complexity index is 1110. The Morgan fingerprint density at radius 1 is 0.538 bits per heavy atom. The molecule has 4 aromatic rings. The van der Waals surface area contributed by atoms with E-state index in [9.17, 15) is 5.11 Å². The highest BCUT2D eigenvalue weighted by molar-refractivity contribution is 5.85. The summed E-state index contributed by atoms with van der Waals surface area (Å²) in [6.07, 6.45) is 0.991. The molecular formula is C25H18O. The molecule has 0 spiro atoms. The van der Waals surface area contributed by atoms with Crippen LogP contribution in [0.1, 0.15) is 11.1 Å². The first kappa shape index (κ1) is 15.0. The van der Waals surface area contributed by atoms with Crippen molar-refractivity contribution >= 4 is 0 Å². The normalized spacial score (nSPS) is 11.8. The minimum Gasteiger partial charge on any atom is -0.508 e. The Hall–Kier alpha value is -3.32. The van der Waals surface area contributed by atoms with Gasteiger partial charge in [0.05, 0.1) is 0 Å². The average molecular weight is 334 g/mol. The Kier molecular flexibility index (Phi) is 3.39. The first-order valence-corrected chi connectivity index (χ1v) is 8.89. The Balaban J connectivity index is 1.62. The van der Waals surface area contributed by atoms with Gasteiger partial charge in [-0.25, -0.2) is 0 Å². The number of phenols is 1. The molecule has 1 heteroatoms. The first-order valence-electron chi connectivity index (χ1n) is 8.89. The summed E-state index contributed by atoms with van der Waals surface area (Å²) >= 11 is 0. The molecule has 0 bridgehead atoms. The molecule has 0 amide bonds. The summed E-state index contributed by atoms with van der Waals surface area (Å²) < 4.78 is 0. The van der Waals surface area contributed by atoms with Gasteiger partial charge >= 0.3 is 0 Å². The van der Waals surface area contributed by atoms with Crippen molar-refractivity contribution in [3.05, 3.63) is 102 Å². The molecule has 0 saturated heterocycles. The van der Waals surface area contributed by atoms with Crippen LogP contribution in [0.3, 0.4) is 0 Å². The molecule has 0 unspecified atom stereocenters. The number of phenolic OH excluding ortho intramolecular Hbond substituents is 1. The lowest BCUT2D eigenvalue weighted by Crippen LogP contribution is -1.88. The molecule has 124 valence electrons. The van der Waals surface area contributed by atoms with Gasteiger partial charge in [-0.1, -0.05) is 72.8 Å². The zero-order valence-corrected chi connectivity index (χ0v) is 14.3. The smallest absolute Gasteiger partial charge is 0.115 e. The van der Waals surface area contributed by atoms with E-state index in [0.29, 0.717) is 5.75 Å². The number of hydrogen-bond acceptors (Lipinski definition) is 1. The second-order valence-corrected chi connectivity index (χ2v) is 6.79. The van der Waals surface area contributed by atoms with Crippen LogP contribution in [0.2, 0.25) is 0 Å². The van der Waals surface area contributed by atoms with E-state index < -0.39 is 0 Å². The fourth-order valence-corrected chi connectivity index (χ4v) is 3.95. The summed E-state index contributed by atoms with van der Waals surface area (Å²) in [7, 11) is 0. The molecule has 1 aliphatic rings. The molecule has 0 saturated carbocycles. The predicted octanol–water partition coefficient (Wildman–Crippen LogP) is 6.30. The molecule has 0 aliphatic heterocycles. The van der Waals surface area contributed by atoms with Crippen LogP contribution in [0.5, 0.6) is 5.75 Å². The number of aromatic hydroxyl groups is 1. The van der Waals surface area contributed by atoms with Crippen LogP contribution >= 0.6 is 0 Å². The van der Waals surface area contributed by atoms with Gasteiger partial charge in [0.2, 0.25) is 0 Å². The van der Waals surface area contributed by atoms with E-state index in [1.54, 1.807) is 12.1 Å². The van der Waals surface area contributed by atoms with Crippen LogP contribution in [-0.2, 0) is 6.42 Å². The summed E-state index contributed by atoms with van der Waals surface area (Å²) in [5.74, 6) is 0.295. The third-order valence-electron chi connectivity index (χ3n) is 5.22. The van der Waals surface area contributed by atoms with Crippen LogP contribution in [0.25, 0.3) is 33.4 Å². The quantitative estimate of drug-likeness (QED) is 0.402. The summed E-state index contributed by atoms with van der Waals surface area (Å²) in [6, 6.07) is 31.3. The predicted molar refractivity (Wildman–Crippen MR) is 107 cm³/mol. The maximum atomic E-state index is 9.53. The fourth-order valence-electron chi connectivity index (χ4n) is 3.95. The molecule has 1 aliphatic carbocycles. The summed E-state index contributed by atoms with van der Waals surface area (Å²) in [4.78, 5) is 0. The van der Waals surface area contributed by atoms with Crippen molar-refractivity contribution < 1.29 is 5.11 Å². The Morgan fingerprint density at radius 2 is 1.23 bits per heavy atom. The maximum Gasteiger partial charge on any atom is 0.115 e. The van der Waals surface area contributed by atoms with Crippen molar-refractivity contribution in [1.29, 1.82) is 0 Å². The molecule has 0 aromatic heterocycles. The Morgan fingerprint density at radius 3 is 2.12 bits per heavy atom. The van der Waals surface area contributed by atoms with Crippen molar-refractivity contribution in [2.75, 3.05) is 0 Å². The van der Waals surface area contributed by atoms with E-state index >= 15 is 0 Å². The first-order chi connectivity index (χ1) is 12.8. The van der Waals surface area contributed by atoms with Gasteiger partial charge in [0.15, 0.2) is 0 Å². The monoisotopic (exact) mass is 334 g/mol. The van der Waals surface area contributed by atoms with E-state index in [1.807, 2.05) is 12.1 Å². The lowest BCUT2D eigenvalue weighted by atomic mass is 9.93. The van der Waals surface area contributed by atoms with Gasteiger partial charge in [0.1, 0.15) is 5.75 Å². The van der Waals surface area contributed by atoms with Crippen LogP contribution < -0.4 is 0 Å². The number of fused-ring (bicyclic) bond motifs is 3.